The lowest BCUT2D eigenvalue weighted by atomic mass is 10.0. The lowest BCUT2D eigenvalue weighted by Crippen LogP contribution is -2.30. The van der Waals surface area contributed by atoms with Gasteiger partial charge in [-0.25, -0.2) is 4.79 Å². The van der Waals surface area contributed by atoms with Crippen LogP contribution in [0.5, 0.6) is 0 Å². The molecular weight excluding hydrogens is 398 g/mol. The average Bonchev–Trinajstić information content (AvgIpc) is 3.17. The standard InChI is InChI=1S/C23H25N3O3S/c1-4-29-23(28)21-18(17-10-8-15(2)9-11-17)14-30-22(21)26-20(27)13-25-16(3)19-7-5-6-12-24-19/h5-12,14,16,25H,4,13H2,1-3H3,(H,26,27). The van der Waals surface area contributed by atoms with E-state index in [4.69, 9.17) is 4.74 Å². The van der Waals surface area contributed by atoms with Crippen molar-refractivity contribution in [1.82, 2.24) is 10.3 Å². The number of anilines is 1. The number of carbonyl (C=O) groups is 2. The van der Waals surface area contributed by atoms with Crippen LogP contribution in [-0.4, -0.2) is 30.0 Å². The van der Waals surface area contributed by atoms with Crippen molar-refractivity contribution in [1.29, 1.82) is 0 Å². The second-order valence-corrected chi connectivity index (χ2v) is 7.73. The molecule has 156 valence electrons. The smallest absolute Gasteiger partial charge is 0.341 e. The van der Waals surface area contributed by atoms with Crippen molar-refractivity contribution in [3.05, 3.63) is 70.9 Å². The van der Waals surface area contributed by atoms with Gasteiger partial charge in [0.1, 0.15) is 10.6 Å². The van der Waals surface area contributed by atoms with Gasteiger partial charge in [-0.1, -0.05) is 35.9 Å². The van der Waals surface area contributed by atoms with Crippen molar-refractivity contribution >= 4 is 28.2 Å². The van der Waals surface area contributed by atoms with Gasteiger partial charge in [0.05, 0.1) is 18.8 Å². The topological polar surface area (TPSA) is 80.3 Å². The quantitative estimate of drug-likeness (QED) is 0.518. The summed E-state index contributed by atoms with van der Waals surface area (Å²) in [5.74, 6) is -0.680. The number of amides is 1. The molecule has 3 rings (SSSR count). The molecule has 2 aromatic heterocycles. The minimum atomic E-state index is -0.445. The van der Waals surface area contributed by atoms with Crippen molar-refractivity contribution in [2.24, 2.45) is 0 Å². The number of hydrogen-bond acceptors (Lipinski definition) is 6. The summed E-state index contributed by atoms with van der Waals surface area (Å²) in [6.07, 6.45) is 1.72. The van der Waals surface area contributed by atoms with E-state index in [1.165, 1.54) is 11.3 Å². The summed E-state index contributed by atoms with van der Waals surface area (Å²) in [6.45, 7) is 6.07. The summed E-state index contributed by atoms with van der Waals surface area (Å²) in [5.41, 5.74) is 4.03. The number of carbonyl (C=O) groups excluding carboxylic acids is 2. The molecule has 2 N–H and O–H groups in total. The Hall–Kier alpha value is -3.03. The number of aryl methyl sites for hydroxylation is 1. The van der Waals surface area contributed by atoms with E-state index in [1.54, 1.807) is 13.1 Å². The number of esters is 1. The maximum absolute atomic E-state index is 12.6. The molecule has 0 aliphatic rings. The highest BCUT2D eigenvalue weighted by Gasteiger charge is 2.23. The SMILES string of the molecule is CCOC(=O)c1c(-c2ccc(C)cc2)csc1NC(=O)CNC(C)c1ccccn1. The van der Waals surface area contributed by atoms with E-state index >= 15 is 0 Å². The van der Waals surface area contributed by atoms with E-state index in [-0.39, 0.29) is 25.1 Å². The third-order valence-corrected chi connectivity index (χ3v) is 5.48. The number of rotatable bonds is 8. The maximum atomic E-state index is 12.6. The van der Waals surface area contributed by atoms with Crippen LogP contribution in [0.4, 0.5) is 5.00 Å². The molecule has 3 aromatic rings. The fourth-order valence-corrected chi connectivity index (χ4v) is 3.93. The first-order chi connectivity index (χ1) is 14.5. The summed E-state index contributed by atoms with van der Waals surface area (Å²) in [7, 11) is 0. The number of benzene rings is 1. The Kier molecular flexibility index (Phi) is 7.32. The summed E-state index contributed by atoms with van der Waals surface area (Å²) < 4.78 is 5.24. The first kappa shape index (κ1) is 21.7. The largest absolute Gasteiger partial charge is 0.462 e. The van der Waals surface area contributed by atoms with Crippen LogP contribution >= 0.6 is 11.3 Å². The molecule has 1 amide bonds. The van der Waals surface area contributed by atoms with Crippen molar-refractivity contribution < 1.29 is 14.3 Å². The van der Waals surface area contributed by atoms with Crippen LogP contribution in [0.15, 0.2) is 54.0 Å². The molecule has 0 saturated heterocycles. The highest BCUT2D eigenvalue weighted by molar-refractivity contribution is 7.15. The minimum absolute atomic E-state index is 0.0760. The zero-order valence-corrected chi connectivity index (χ0v) is 18.1. The molecule has 7 heteroatoms. The van der Waals surface area contributed by atoms with Crippen molar-refractivity contribution in [3.8, 4) is 11.1 Å². The molecule has 1 unspecified atom stereocenters. The van der Waals surface area contributed by atoms with Crippen LogP contribution in [0, 0.1) is 6.92 Å². The normalized spacial score (nSPS) is 11.7. The monoisotopic (exact) mass is 423 g/mol. The van der Waals surface area contributed by atoms with Gasteiger partial charge in [-0.2, -0.15) is 0 Å². The number of thiophene rings is 1. The van der Waals surface area contributed by atoms with Gasteiger partial charge in [0, 0.05) is 23.2 Å². The summed E-state index contributed by atoms with van der Waals surface area (Å²) >= 11 is 1.32. The molecule has 0 radical (unpaired) electrons. The van der Waals surface area contributed by atoms with Crippen molar-refractivity contribution in [3.63, 3.8) is 0 Å². The van der Waals surface area contributed by atoms with Gasteiger partial charge in [0.15, 0.2) is 0 Å². The second-order valence-electron chi connectivity index (χ2n) is 6.85. The third kappa shape index (κ3) is 5.31. The van der Waals surface area contributed by atoms with E-state index in [2.05, 4.69) is 15.6 Å². The number of nitrogens with zero attached hydrogens (tertiary/aromatic N) is 1. The van der Waals surface area contributed by atoms with Crippen molar-refractivity contribution in [2.75, 3.05) is 18.5 Å². The molecule has 0 spiro atoms. The number of pyridine rings is 1. The fourth-order valence-electron chi connectivity index (χ4n) is 2.95. The van der Waals surface area contributed by atoms with E-state index in [9.17, 15) is 9.59 Å². The van der Waals surface area contributed by atoms with Crippen LogP contribution in [0.1, 0.15) is 41.5 Å². The molecule has 30 heavy (non-hydrogen) atoms. The minimum Gasteiger partial charge on any atom is -0.462 e. The van der Waals surface area contributed by atoms with E-state index in [0.29, 0.717) is 10.6 Å². The van der Waals surface area contributed by atoms with Gasteiger partial charge in [-0.15, -0.1) is 11.3 Å². The van der Waals surface area contributed by atoms with Crippen LogP contribution in [0.25, 0.3) is 11.1 Å². The number of aromatic nitrogens is 1. The van der Waals surface area contributed by atoms with Crippen LogP contribution in [0.2, 0.25) is 0 Å². The molecule has 0 aliphatic carbocycles. The molecular formula is C23H25N3O3S. The Morgan fingerprint density at radius 2 is 1.93 bits per heavy atom. The van der Waals surface area contributed by atoms with Gasteiger partial charge < -0.3 is 15.4 Å². The zero-order valence-electron chi connectivity index (χ0n) is 17.3. The Balaban J connectivity index is 1.75. The Morgan fingerprint density at radius 3 is 2.60 bits per heavy atom. The van der Waals surface area contributed by atoms with Gasteiger partial charge in [0.2, 0.25) is 5.91 Å². The van der Waals surface area contributed by atoms with Crippen molar-refractivity contribution in [2.45, 2.75) is 26.8 Å². The number of nitrogens with one attached hydrogen (secondary N) is 2. The Morgan fingerprint density at radius 1 is 1.17 bits per heavy atom. The molecule has 2 heterocycles. The highest BCUT2D eigenvalue weighted by Crippen LogP contribution is 2.36. The molecule has 0 fully saturated rings. The summed E-state index contributed by atoms with van der Waals surface area (Å²) in [5, 5.41) is 8.36. The van der Waals surface area contributed by atoms with Crippen LogP contribution in [0.3, 0.4) is 0 Å². The lowest BCUT2D eigenvalue weighted by molar-refractivity contribution is -0.115. The first-order valence-electron chi connectivity index (χ1n) is 9.79. The Labute approximate surface area is 180 Å². The molecule has 6 nitrogen and oxygen atoms in total. The average molecular weight is 424 g/mol. The fraction of sp³-hybridized carbons (Fsp3) is 0.261. The van der Waals surface area contributed by atoms with Gasteiger partial charge in [-0.3, -0.25) is 9.78 Å². The predicted molar refractivity (Wildman–Crippen MR) is 120 cm³/mol. The molecule has 0 aliphatic heterocycles. The van der Waals surface area contributed by atoms with Crippen LogP contribution < -0.4 is 10.6 Å². The lowest BCUT2D eigenvalue weighted by Gasteiger charge is -2.13. The third-order valence-electron chi connectivity index (χ3n) is 4.59. The first-order valence-corrected chi connectivity index (χ1v) is 10.7. The van der Waals surface area contributed by atoms with E-state index < -0.39 is 5.97 Å². The molecule has 0 saturated carbocycles. The number of hydrogen-bond donors (Lipinski definition) is 2. The van der Waals surface area contributed by atoms with E-state index in [0.717, 1.165) is 22.4 Å². The summed E-state index contributed by atoms with van der Waals surface area (Å²) in [4.78, 5) is 29.4. The molecule has 0 bridgehead atoms. The maximum Gasteiger partial charge on any atom is 0.341 e. The second kappa shape index (κ2) is 10.1. The summed E-state index contributed by atoms with van der Waals surface area (Å²) in [6, 6.07) is 13.5. The Bertz CT molecular complexity index is 1000. The number of ether oxygens (including phenoxy) is 1. The molecule has 1 atom stereocenters. The predicted octanol–water partition coefficient (Wildman–Crippen LogP) is 4.58. The van der Waals surface area contributed by atoms with Gasteiger partial charge in [0.25, 0.3) is 0 Å². The van der Waals surface area contributed by atoms with Gasteiger partial charge in [-0.05, 0) is 38.5 Å². The van der Waals surface area contributed by atoms with E-state index in [1.807, 2.05) is 61.7 Å². The zero-order chi connectivity index (χ0) is 21.5. The highest BCUT2D eigenvalue weighted by atomic mass is 32.1. The molecule has 1 aromatic carbocycles. The van der Waals surface area contributed by atoms with Crippen LogP contribution in [-0.2, 0) is 9.53 Å². The van der Waals surface area contributed by atoms with Gasteiger partial charge >= 0.3 is 5.97 Å².